The van der Waals surface area contributed by atoms with E-state index in [-0.39, 0.29) is 29.3 Å². The molecule has 0 bridgehead atoms. The lowest BCUT2D eigenvalue weighted by atomic mass is 10.0. The van der Waals surface area contributed by atoms with E-state index >= 15 is 0 Å². The Balaban J connectivity index is 1.92. The third-order valence-electron chi connectivity index (χ3n) is 4.61. The van der Waals surface area contributed by atoms with Crippen molar-refractivity contribution >= 4 is 5.91 Å². The predicted molar refractivity (Wildman–Crippen MR) is 91.1 cm³/mol. The van der Waals surface area contributed by atoms with Gasteiger partial charge in [0.25, 0.3) is 5.91 Å². The minimum Gasteiger partial charge on any atom is -0.393 e. The summed E-state index contributed by atoms with van der Waals surface area (Å²) in [6.45, 7) is 6.64. The van der Waals surface area contributed by atoms with Crippen LogP contribution in [0.1, 0.15) is 49.6 Å². The van der Waals surface area contributed by atoms with Gasteiger partial charge in [-0.1, -0.05) is 26.0 Å². The Hall–Kier alpha value is -2.28. The summed E-state index contributed by atoms with van der Waals surface area (Å²) in [5.41, 5.74) is 0.279. The van der Waals surface area contributed by atoms with Crippen molar-refractivity contribution in [2.75, 3.05) is 13.1 Å². The van der Waals surface area contributed by atoms with Crippen molar-refractivity contribution in [3.63, 3.8) is 0 Å². The number of rotatable bonds is 4. The second-order valence-electron chi connectivity index (χ2n) is 6.85. The zero-order valence-electron chi connectivity index (χ0n) is 14.7. The molecule has 0 saturated carbocycles. The lowest BCUT2D eigenvalue weighted by molar-refractivity contribution is 0.0750. The van der Waals surface area contributed by atoms with E-state index in [1.54, 1.807) is 30.0 Å². The van der Waals surface area contributed by atoms with Gasteiger partial charge in [-0.3, -0.25) is 4.79 Å². The number of aliphatic hydroxyl groups is 1. The average molecular weight is 346 g/mol. The summed E-state index contributed by atoms with van der Waals surface area (Å²) in [4.78, 5) is 18.8. The van der Waals surface area contributed by atoms with Crippen LogP contribution in [0.3, 0.4) is 0 Å². The molecule has 0 radical (unpaired) electrons. The maximum Gasteiger partial charge on any atom is 0.293 e. The Labute approximate surface area is 146 Å². The largest absolute Gasteiger partial charge is 0.393 e. The average Bonchev–Trinajstić information content (AvgIpc) is 3.22. The van der Waals surface area contributed by atoms with Crippen LogP contribution in [-0.4, -0.2) is 49.9 Å². The van der Waals surface area contributed by atoms with Gasteiger partial charge >= 0.3 is 0 Å². The van der Waals surface area contributed by atoms with E-state index in [0.717, 1.165) is 6.42 Å². The fourth-order valence-electron chi connectivity index (χ4n) is 3.10. The van der Waals surface area contributed by atoms with Gasteiger partial charge in [-0.25, -0.2) is 14.1 Å². The molecule has 1 saturated heterocycles. The van der Waals surface area contributed by atoms with Gasteiger partial charge in [0.2, 0.25) is 5.82 Å². The number of aromatic nitrogens is 3. The smallest absolute Gasteiger partial charge is 0.293 e. The molecule has 1 aromatic heterocycles. The number of nitrogens with zero attached hydrogens (tertiary/aromatic N) is 4. The molecule has 134 valence electrons. The maximum atomic E-state index is 14.2. The van der Waals surface area contributed by atoms with E-state index < -0.39 is 11.9 Å². The van der Waals surface area contributed by atoms with Crippen LogP contribution in [0.15, 0.2) is 24.3 Å². The Kier molecular flexibility index (Phi) is 4.85. The van der Waals surface area contributed by atoms with Crippen LogP contribution in [0, 0.1) is 11.7 Å². The molecule has 1 aliphatic rings. The van der Waals surface area contributed by atoms with Crippen LogP contribution in [-0.2, 0) is 0 Å². The number of hydrogen-bond acceptors (Lipinski definition) is 4. The van der Waals surface area contributed by atoms with Gasteiger partial charge in [-0.05, 0) is 25.5 Å². The number of hydrogen-bond donors (Lipinski definition) is 1. The van der Waals surface area contributed by atoms with Gasteiger partial charge in [-0.15, -0.1) is 5.10 Å². The lowest BCUT2D eigenvalue weighted by Gasteiger charge is -2.15. The molecule has 1 aliphatic heterocycles. The molecular formula is C18H23FN4O2. The van der Waals surface area contributed by atoms with Crippen LogP contribution < -0.4 is 0 Å². The summed E-state index contributed by atoms with van der Waals surface area (Å²) in [7, 11) is 0. The first kappa shape index (κ1) is 17.5. The van der Waals surface area contributed by atoms with E-state index in [1.165, 1.54) is 10.7 Å². The molecule has 0 spiro atoms. The van der Waals surface area contributed by atoms with Crippen molar-refractivity contribution in [2.24, 2.45) is 5.92 Å². The molecule has 3 rings (SSSR count). The number of halogens is 1. The van der Waals surface area contributed by atoms with Crippen LogP contribution >= 0.6 is 0 Å². The molecule has 2 unspecified atom stereocenters. The molecule has 2 heterocycles. The lowest BCUT2D eigenvalue weighted by Crippen LogP contribution is -2.31. The van der Waals surface area contributed by atoms with Gasteiger partial charge in [0.1, 0.15) is 17.3 Å². The molecule has 2 atom stereocenters. The summed E-state index contributed by atoms with van der Waals surface area (Å²) in [5.74, 6) is -0.0266. The van der Waals surface area contributed by atoms with Crippen molar-refractivity contribution in [1.29, 1.82) is 0 Å². The summed E-state index contributed by atoms with van der Waals surface area (Å²) < 4.78 is 15.6. The van der Waals surface area contributed by atoms with E-state index in [4.69, 9.17) is 0 Å². The van der Waals surface area contributed by atoms with Crippen molar-refractivity contribution in [3.8, 4) is 5.69 Å². The normalized spacial score (nSPS) is 18.8. The van der Waals surface area contributed by atoms with Gasteiger partial charge < -0.3 is 10.0 Å². The standard InChI is InChI=1S/C18H23FN4O2/c1-11(2)17-20-16(18(25)22-9-8-13(10-22)12(3)24)21-23(17)15-7-5-4-6-14(15)19/h4-7,11-13,24H,8-10H2,1-3H3. The monoisotopic (exact) mass is 346 g/mol. The summed E-state index contributed by atoms with van der Waals surface area (Å²) in [5, 5.41) is 14.0. The van der Waals surface area contributed by atoms with Crippen molar-refractivity contribution < 1.29 is 14.3 Å². The van der Waals surface area contributed by atoms with Gasteiger partial charge in [0, 0.05) is 24.9 Å². The molecule has 1 amide bonds. The Morgan fingerprint density at radius 3 is 2.64 bits per heavy atom. The summed E-state index contributed by atoms with van der Waals surface area (Å²) in [6, 6.07) is 6.30. The Bertz CT molecular complexity index is 772. The fraction of sp³-hybridized carbons (Fsp3) is 0.500. The molecule has 1 N–H and O–H groups in total. The highest BCUT2D eigenvalue weighted by Gasteiger charge is 2.32. The maximum absolute atomic E-state index is 14.2. The van der Waals surface area contributed by atoms with Crippen molar-refractivity contribution in [1.82, 2.24) is 19.7 Å². The van der Waals surface area contributed by atoms with Crippen LogP contribution in [0.2, 0.25) is 0 Å². The molecule has 2 aromatic rings. The van der Waals surface area contributed by atoms with Crippen LogP contribution in [0.4, 0.5) is 4.39 Å². The minimum atomic E-state index is -0.451. The van der Waals surface area contributed by atoms with Gasteiger partial charge in [0.15, 0.2) is 0 Å². The predicted octanol–water partition coefficient (Wildman–Crippen LogP) is 2.37. The highest BCUT2D eigenvalue weighted by Crippen LogP contribution is 2.23. The topological polar surface area (TPSA) is 71.2 Å². The first-order valence-corrected chi connectivity index (χ1v) is 8.57. The summed E-state index contributed by atoms with van der Waals surface area (Å²) in [6.07, 6.45) is 0.307. The van der Waals surface area contributed by atoms with Gasteiger partial charge in [-0.2, -0.15) is 0 Å². The molecule has 25 heavy (non-hydrogen) atoms. The number of para-hydroxylation sites is 1. The van der Waals surface area contributed by atoms with E-state index in [2.05, 4.69) is 10.1 Å². The zero-order valence-corrected chi connectivity index (χ0v) is 14.7. The first-order valence-electron chi connectivity index (χ1n) is 8.57. The number of benzene rings is 1. The third kappa shape index (κ3) is 3.42. The first-order chi connectivity index (χ1) is 11.9. The second-order valence-corrected chi connectivity index (χ2v) is 6.85. The Morgan fingerprint density at radius 1 is 1.32 bits per heavy atom. The fourth-order valence-corrected chi connectivity index (χ4v) is 3.10. The number of amides is 1. The number of likely N-dealkylation sites (tertiary alicyclic amines) is 1. The SMILES string of the molecule is CC(C)c1nc(C(=O)N2CCC(C(C)O)C2)nn1-c1ccccc1F. The van der Waals surface area contributed by atoms with E-state index in [1.807, 2.05) is 13.8 Å². The highest BCUT2D eigenvalue weighted by molar-refractivity contribution is 5.90. The van der Waals surface area contributed by atoms with E-state index in [9.17, 15) is 14.3 Å². The Morgan fingerprint density at radius 2 is 2.04 bits per heavy atom. The van der Waals surface area contributed by atoms with Crippen LogP contribution in [0.25, 0.3) is 5.69 Å². The van der Waals surface area contributed by atoms with Crippen molar-refractivity contribution in [2.45, 2.75) is 39.2 Å². The quantitative estimate of drug-likeness (QED) is 0.923. The minimum absolute atomic E-state index is 0.0163. The summed E-state index contributed by atoms with van der Waals surface area (Å²) >= 11 is 0. The van der Waals surface area contributed by atoms with Crippen molar-refractivity contribution in [3.05, 3.63) is 41.7 Å². The van der Waals surface area contributed by atoms with E-state index in [0.29, 0.717) is 18.9 Å². The molecule has 7 heteroatoms. The molecule has 0 aliphatic carbocycles. The highest BCUT2D eigenvalue weighted by atomic mass is 19.1. The zero-order chi connectivity index (χ0) is 18.1. The second kappa shape index (κ2) is 6.92. The van der Waals surface area contributed by atoms with Gasteiger partial charge in [0.05, 0.1) is 6.10 Å². The molecule has 1 aromatic carbocycles. The molecule has 1 fully saturated rings. The number of carbonyl (C=O) groups is 1. The number of aliphatic hydroxyl groups excluding tert-OH is 1. The third-order valence-corrected chi connectivity index (χ3v) is 4.61. The van der Waals surface area contributed by atoms with Crippen LogP contribution in [0.5, 0.6) is 0 Å². The molecule has 6 nitrogen and oxygen atoms in total. The number of carbonyl (C=O) groups excluding carboxylic acids is 1. The molecular weight excluding hydrogens is 323 g/mol.